The predicted octanol–water partition coefficient (Wildman–Crippen LogP) is 1.35. The number of carbonyl (C=O) groups excluding carboxylic acids is 2. The fourth-order valence-corrected chi connectivity index (χ4v) is 4.20. The minimum absolute atomic E-state index is 0.0166. The van der Waals surface area contributed by atoms with Crippen molar-refractivity contribution in [3.63, 3.8) is 0 Å². The summed E-state index contributed by atoms with van der Waals surface area (Å²) in [7, 11) is 0. The van der Waals surface area contributed by atoms with E-state index < -0.39 is 0 Å². The molecule has 4 rings (SSSR count). The molecule has 2 amide bonds. The van der Waals surface area contributed by atoms with E-state index in [1.165, 1.54) is 12.1 Å². The second kappa shape index (κ2) is 6.75. The molecular weight excluding hydrogens is 321 g/mol. The van der Waals surface area contributed by atoms with E-state index in [2.05, 4.69) is 5.32 Å². The van der Waals surface area contributed by atoms with Gasteiger partial charge in [-0.05, 0) is 42.9 Å². The second-order valence-corrected chi connectivity index (χ2v) is 7.34. The van der Waals surface area contributed by atoms with Gasteiger partial charge in [0, 0.05) is 38.1 Å². The summed E-state index contributed by atoms with van der Waals surface area (Å²) < 4.78 is 13.1. The summed E-state index contributed by atoms with van der Waals surface area (Å²) in [5.41, 5.74) is 1.05. The number of hydrogen-bond acceptors (Lipinski definition) is 3. The zero-order valence-corrected chi connectivity index (χ0v) is 14.3. The summed E-state index contributed by atoms with van der Waals surface area (Å²) in [6, 6.07) is 6.64. The Morgan fingerprint density at radius 3 is 2.76 bits per heavy atom. The molecule has 3 fully saturated rings. The first-order valence-electron chi connectivity index (χ1n) is 9.18. The van der Waals surface area contributed by atoms with E-state index in [9.17, 15) is 14.0 Å². The topological polar surface area (TPSA) is 52.7 Å². The van der Waals surface area contributed by atoms with Gasteiger partial charge >= 0.3 is 0 Å². The largest absolute Gasteiger partial charge is 0.340 e. The van der Waals surface area contributed by atoms with E-state index in [-0.39, 0.29) is 35.5 Å². The van der Waals surface area contributed by atoms with Crippen LogP contribution in [0, 0.1) is 11.7 Å². The monoisotopic (exact) mass is 345 g/mol. The number of piperidine rings is 1. The number of nitrogens with one attached hydrogen (secondary N) is 1. The molecule has 1 N–H and O–H groups in total. The van der Waals surface area contributed by atoms with Crippen LogP contribution in [0.1, 0.15) is 30.7 Å². The van der Waals surface area contributed by atoms with Gasteiger partial charge in [0.1, 0.15) is 5.82 Å². The van der Waals surface area contributed by atoms with Gasteiger partial charge < -0.3 is 15.1 Å². The number of likely N-dealkylation sites (tertiary alicyclic amines) is 1. The van der Waals surface area contributed by atoms with E-state index in [4.69, 9.17) is 0 Å². The molecule has 1 aromatic rings. The molecule has 6 heteroatoms. The van der Waals surface area contributed by atoms with Gasteiger partial charge in [0.2, 0.25) is 11.8 Å². The minimum Gasteiger partial charge on any atom is -0.340 e. The van der Waals surface area contributed by atoms with Crippen molar-refractivity contribution >= 4 is 11.8 Å². The molecule has 2 heterocycles. The van der Waals surface area contributed by atoms with Crippen LogP contribution in [0.4, 0.5) is 4.39 Å². The number of rotatable bonds is 3. The van der Waals surface area contributed by atoms with Crippen molar-refractivity contribution in [1.82, 2.24) is 15.1 Å². The van der Waals surface area contributed by atoms with Crippen LogP contribution in [-0.4, -0.2) is 60.4 Å². The molecule has 2 saturated heterocycles. The van der Waals surface area contributed by atoms with Gasteiger partial charge in [-0.3, -0.25) is 9.59 Å². The normalized spacial score (nSPS) is 29.6. The third kappa shape index (κ3) is 3.40. The Bertz CT molecular complexity index is 663. The van der Waals surface area contributed by atoms with E-state index in [1.807, 2.05) is 9.80 Å². The van der Waals surface area contributed by atoms with Crippen molar-refractivity contribution in [2.24, 2.45) is 5.92 Å². The van der Waals surface area contributed by atoms with Gasteiger partial charge in [-0.1, -0.05) is 12.1 Å². The van der Waals surface area contributed by atoms with Crippen LogP contribution < -0.4 is 5.32 Å². The Morgan fingerprint density at radius 2 is 2.00 bits per heavy atom. The van der Waals surface area contributed by atoms with Crippen molar-refractivity contribution in [2.45, 2.75) is 31.2 Å². The Morgan fingerprint density at radius 1 is 1.20 bits per heavy atom. The molecule has 25 heavy (non-hydrogen) atoms. The molecule has 3 unspecified atom stereocenters. The average Bonchev–Trinajstić information content (AvgIpc) is 3.43. The van der Waals surface area contributed by atoms with Crippen LogP contribution in [0.3, 0.4) is 0 Å². The SMILES string of the molecule is O=C(C1CC1c1ccc(F)cc1)N1CCCC(N2CCNCC2=O)C1. The van der Waals surface area contributed by atoms with Crippen molar-refractivity contribution < 1.29 is 14.0 Å². The van der Waals surface area contributed by atoms with Crippen molar-refractivity contribution in [3.8, 4) is 0 Å². The molecule has 0 bridgehead atoms. The van der Waals surface area contributed by atoms with Crippen molar-refractivity contribution in [3.05, 3.63) is 35.6 Å². The van der Waals surface area contributed by atoms with Crippen LogP contribution in [0.5, 0.6) is 0 Å². The Labute approximate surface area is 147 Å². The average molecular weight is 345 g/mol. The Kier molecular flexibility index (Phi) is 4.46. The van der Waals surface area contributed by atoms with Gasteiger partial charge in [-0.25, -0.2) is 4.39 Å². The molecule has 1 aromatic carbocycles. The third-order valence-corrected chi connectivity index (χ3v) is 5.68. The van der Waals surface area contributed by atoms with Crippen LogP contribution in [0.2, 0.25) is 0 Å². The van der Waals surface area contributed by atoms with Crippen LogP contribution in [-0.2, 0) is 9.59 Å². The zero-order valence-electron chi connectivity index (χ0n) is 14.3. The fraction of sp³-hybridized carbons (Fsp3) is 0.579. The molecule has 2 aliphatic heterocycles. The van der Waals surface area contributed by atoms with Crippen LogP contribution >= 0.6 is 0 Å². The number of amides is 2. The number of carbonyl (C=O) groups is 2. The summed E-state index contributed by atoms with van der Waals surface area (Å²) in [6.07, 6.45) is 2.77. The summed E-state index contributed by atoms with van der Waals surface area (Å²) in [4.78, 5) is 28.9. The lowest BCUT2D eigenvalue weighted by atomic mass is 10.0. The maximum Gasteiger partial charge on any atom is 0.236 e. The molecule has 3 atom stereocenters. The molecule has 1 aliphatic carbocycles. The van der Waals surface area contributed by atoms with E-state index >= 15 is 0 Å². The maximum atomic E-state index is 13.1. The standard InChI is InChI=1S/C19H24FN3O2/c20-14-5-3-13(4-6-14)16-10-17(16)19(25)22-8-1-2-15(12-22)23-9-7-21-11-18(23)24/h3-6,15-17,21H,1-2,7-12H2. The molecule has 5 nitrogen and oxygen atoms in total. The number of piperazine rings is 1. The van der Waals surface area contributed by atoms with Gasteiger partial charge in [-0.15, -0.1) is 0 Å². The van der Waals surface area contributed by atoms with Crippen LogP contribution in [0.15, 0.2) is 24.3 Å². The summed E-state index contributed by atoms with van der Waals surface area (Å²) >= 11 is 0. The molecule has 134 valence electrons. The van der Waals surface area contributed by atoms with E-state index in [1.54, 1.807) is 12.1 Å². The number of benzene rings is 1. The number of hydrogen-bond donors (Lipinski definition) is 1. The lowest BCUT2D eigenvalue weighted by Crippen LogP contribution is -2.57. The second-order valence-electron chi connectivity index (χ2n) is 7.34. The molecule has 1 saturated carbocycles. The van der Waals surface area contributed by atoms with Crippen molar-refractivity contribution in [2.75, 3.05) is 32.7 Å². The van der Waals surface area contributed by atoms with Crippen molar-refractivity contribution in [1.29, 1.82) is 0 Å². The fourth-order valence-electron chi connectivity index (χ4n) is 4.20. The Hall–Kier alpha value is -1.95. The highest BCUT2D eigenvalue weighted by atomic mass is 19.1. The quantitative estimate of drug-likeness (QED) is 0.900. The minimum atomic E-state index is -0.244. The molecule has 0 spiro atoms. The lowest BCUT2D eigenvalue weighted by molar-refractivity contribution is -0.141. The Balaban J connectivity index is 1.37. The number of nitrogens with zero attached hydrogens (tertiary/aromatic N) is 2. The van der Waals surface area contributed by atoms with Gasteiger partial charge in [-0.2, -0.15) is 0 Å². The summed E-state index contributed by atoms with van der Waals surface area (Å²) in [6.45, 7) is 3.39. The molecular formula is C19H24FN3O2. The van der Waals surface area contributed by atoms with Crippen LogP contribution in [0.25, 0.3) is 0 Å². The highest BCUT2D eigenvalue weighted by Crippen LogP contribution is 2.48. The zero-order chi connectivity index (χ0) is 17.4. The summed E-state index contributed by atoms with van der Waals surface area (Å²) in [5, 5.41) is 3.10. The first kappa shape index (κ1) is 16.5. The van der Waals surface area contributed by atoms with Gasteiger partial charge in [0.25, 0.3) is 0 Å². The maximum absolute atomic E-state index is 13.1. The highest BCUT2D eigenvalue weighted by Gasteiger charge is 2.46. The number of halogens is 1. The van der Waals surface area contributed by atoms with E-state index in [0.29, 0.717) is 13.1 Å². The molecule has 0 radical (unpaired) electrons. The first-order chi connectivity index (χ1) is 12.1. The molecule has 0 aromatic heterocycles. The van der Waals surface area contributed by atoms with Gasteiger partial charge in [0.15, 0.2) is 0 Å². The first-order valence-corrected chi connectivity index (χ1v) is 9.18. The summed E-state index contributed by atoms with van der Waals surface area (Å²) in [5.74, 6) is 0.326. The van der Waals surface area contributed by atoms with Gasteiger partial charge in [0.05, 0.1) is 6.54 Å². The third-order valence-electron chi connectivity index (χ3n) is 5.68. The predicted molar refractivity (Wildman–Crippen MR) is 91.4 cm³/mol. The lowest BCUT2D eigenvalue weighted by Gasteiger charge is -2.41. The smallest absolute Gasteiger partial charge is 0.236 e. The molecule has 3 aliphatic rings. The highest BCUT2D eigenvalue weighted by molar-refractivity contribution is 5.83. The van der Waals surface area contributed by atoms with E-state index in [0.717, 1.165) is 44.5 Å².